The topological polar surface area (TPSA) is 56.8 Å². The zero-order valence-electron chi connectivity index (χ0n) is 11.2. The third kappa shape index (κ3) is 4.52. The van der Waals surface area contributed by atoms with Gasteiger partial charge in [-0.25, -0.2) is 0 Å². The molecule has 1 aromatic carbocycles. The smallest absolute Gasteiger partial charge is 0.411 e. The Hall–Kier alpha value is -1.96. The van der Waals surface area contributed by atoms with E-state index in [-0.39, 0.29) is 0 Å². The van der Waals surface area contributed by atoms with Crippen LogP contribution in [0.4, 0.5) is 18.9 Å². The van der Waals surface area contributed by atoms with Crippen LogP contribution in [0.5, 0.6) is 11.5 Å². The van der Waals surface area contributed by atoms with Crippen molar-refractivity contribution in [2.75, 3.05) is 25.1 Å². The lowest BCUT2D eigenvalue weighted by molar-refractivity contribution is -0.184. The molecule has 1 N–H and O–H groups in total. The molecule has 1 amide bonds. The number of ether oxygens (including phenoxy) is 3. The molecule has 1 aliphatic rings. The highest BCUT2D eigenvalue weighted by molar-refractivity contribution is 5.94. The van der Waals surface area contributed by atoms with Crippen molar-refractivity contribution in [3.8, 4) is 11.5 Å². The Labute approximate surface area is 119 Å². The number of hydrogen-bond donors (Lipinski definition) is 1. The monoisotopic (exact) mass is 305 g/mol. The predicted octanol–water partition coefficient (Wildman–Crippen LogP) is 2.36. The molecule has 0 saturated heterocycles. The quantitative estimate of drug-likeness (QED) is 0.928. The van der Waals surface area contributed by atoms with Crippen molar-refractivity contribution in [2.45, 2.75) is 19.2 Å². The minimum Gasteiger partial charge on any atom is -0.486 e. The predicted molar refractivity (Wildman–Crippen MR) is 67.5 cm³/mol. The first kappa shape index (κ1) is 15.4. The second-order valence-corrected chi connectivity index (χ2v) is 4.42. The largest absolute Gasteiger partial charge is 0.486 e. The summed E-state index contributed by atoms with van der Waals surface area (Å²) in [5, 5.41) is 2.46. The second kappa shape index (κ2) is 6.21. The van der Waals surface area contributed by atoms with Gasteiger partial charge in [-0.1, -0.05) is 0 Å². The van der Waals surface area contributed by atoms with E-state index in [4.69, 9.17) is 9.47 Å². The highest BCUT2D eigenvalue weighted by atomic mass is 19.4. The number of nitrogens with one attached hydrogen (secondary N) is 1. The van der Waals surface area contributed by atoms with Crippen LogP contribution in [-0.2, 0) is 9.53 Å². The minimum absolute atomic E-state index is 0.395. The second-order valence-electron chi connectivity index (χ2n) is 4.42. The molecule has 5 nitrogen and oxygen atoms in total. The molecule has 21 heavy (non-hydrogen) atoms. The van der Waals surface area contributed by atoms with Gasteiger partial charge in [0, 0.05) is 11.8 Å². The van der Waals surface area contributed by atoms with Crippen LogP contribution in [0.15, 0.2) is 18.2 Å². The summed E-state index contributed by atoms with van der Waals surface area (Å²) in [6.07, 6.45) is -5.69. The molecule has 0 saturated carbocycles. The van der Waals surface area contributed by atoms with E-state index in [1.165, 1.54) is 6.92 Å². The minimum atomic E-state index is -4.47. The Morgan fingerprint density at radius 3 is 2.67 bits per heavy atom. The highest BCUT2D eigenvalue weighted by Crippen LogP contribution is 2.32. The van der Waals surface area contributed by atoms with Gasteiger partial charge in [0.05, 0.1) is 0 Å². The van der Waals surface area contributed by atoms with E-state index in [1.807, 2.05) is 0 Å². The molecule has 0 spiro atoms. The van der Waals surface area contributed by atoms with E-state index in [0.717, 1.165) is 0 Å². The van der Waals surface area contributed by atoms with Gasteiger partial charge >= 0.3 is 6.18 Å². The lowest BCUT2D eigenvalue weighted by Gasteiger charge is -2.19. The van der Waals surface area contributed by atoms with E-state index in [0.29, 0.717) is 30.4 Å². The molecule has 1 aliphatic heterocycles. The van der Waals surface area contributed by atoms with E-state index in [2.05, 4.69) is 10.1 Å². The Bertz CT molecular complexity index is 519. The number of fused-ring (bicyclic) bond motifs is 1. The highest BCUT2D eigenvalue weighted by Gasteiger charge is 2.30. The molecule has 1 aromatic rings. The van der Waals surface area contributed by atoms with Gasteiger partial charge in [-0.2, -0.15) is 13.2 Å². The number of hydrogen-bond acceptors (Lipinski definition) is 4. The number of rotatable bonds is 4. The van der Waals surface area contributed by atoms with Gasteiger partial charge in [-0.05, 0) is 19.1 Å². The molecule has 0 fully saturated rings. The summed E-state index contributed by atoms with van der Waals surface area (Å²) in [7, 11) is 0. The van der Waals surface area contributed by atoms with Crippen LogP contribution in [0, 0.1) is 0 Å². The third-order valence-electron chi connectivity index (χ3n) is 2.68. The number of alkyl halides is 3. The van der Waals surface area contributed by atoms with Gasteiger partial charge in [0.1, 0.15) is 25.9 Å². The van der Waals surface area contributed by atoms with E-state index < -0.39 is 24.8 Å². The van der Waals surface area contributed by atoms with Crippen LogP contribution in [-0.4, -0.2) is 38.0 Å². The fourth-order valence-electron chi connectivity index (χ4n) is 1.66. The molecule has 8 heteroatoms. The molecule has 116 valence electrons. The molecule has 0 unspecified atom stereocenters. The first-order valence-electron chi connectivity index (χ1n) is 6.24. The van der Waals surface area contributed by atoms with Gasteiger partial charge in [0.25, 0.3) is 5.91 Å². The molecule has 0 bridgehead atoms. The van der Waals surface area contributed by atoms with Crippen molar-refractivity contribution < 1.29 is 32.2 Å². The van der Waals surface area contributed by atoms with Crippen molar-refractivity contribution >= 4 is 11.6 Å². The normalized spacial score (nSPS) is 15.4. The lowest BCUT2D eigenvalue weighted by atomic mass is 10.2. The molecular formula is C13H14F3NO4. The molecule has 0 radical (unpaired) electrons. The van der Waals surface area contributed by atoms with Crippen molar-refractivity contribution in [2.24, 2.45) is 0 Å². The van der Waals surface area contributed by atoms with Crippen LogP contribution in [0.2, 0.25) is 0 Å². The maximum atomic E-state index is 12.0. The Balaban J connectivity index is 1.93. The lowest BCUT2D eigenvalue weighted by Crippen LogP contribution is -2.31. The maximum absolute atomic E-state index is 12.0. The first-order valence-corrected chi connectivity index (χ1v) is 6.24. The van der Waals surface area contributed by atoms with Crippen molar-refractivity contribution in [3.05, 3.63) is 18.2 Å². The fraction of sp³-hybridized carbons (Fsp3) is 0.462. The Morgan fingerprint density at radius 1 is 1.33 bits per heavy atom. The van der Waals surface area contributed by atoms with Crippen LogP contribution in [0.25, 0.3) is 0 Å². The number of anilines is 1. The Morgan fingerprint density at radius 2 is 2.00 bits per heavy atom. The summed E-state index contributed by atoms with van der Waals surface area (Å²) in [5.41, 5.74) is 0.395. The van der Waals surface area contributed by atoms with Crippen molar-refractivity contribution in [3.63, 3.8) is 0 Å². The van der Waals surface area contributed by atoms with Crippen LogP contribution >= 0.6 is 0 Å². The summed E-state index contributed by atoms with van der Waals surface area (Å²) in [4.78, 5) is 11.7. The molecular weight excluding hydrogens is 291 g/mol. The van der Waals surface area contributed by atoms with Crippen LogP contribution in [0.1, 0.15) is 6.92 Å². The summed E-state index contributed by atoms with van der Waals surface area (Å²) in [6.45, 7) is 0.623. The fourth-order valence-corrected chi connectivity index (χ4v) is 1.66. The average Bonchev–Trinajstić information content (AvgIpc) is 2.43. The zero-order chi connectivity index (χ0) is 15.5. The zero-order valence-corrected chi connectivity index (χ0v) is 11.2. The van der Waals surface area contributed by atoms with Crippen LogP contribution in [0.3, 0.4) is 0 Å². The van der Waals surface area contributed by atoms with Gasteiger partial charge in [-0.3, -0.25) is 4.79 Å². The van der Waals surface area contributed by atoms with Crippen molar-refractivity contribution in [1.82, 2.24) is 0 Å². The number of benzene rings is 1. The molecule has 1 heterocycles. The molecule has 1 atom stereocenters. The summed E-state index contributed by atoms with van der Waals surface area (Å²) in [6, 6.07) is 4.73. The van der Waals surface area contributed by atoms with Gasteiger partial charge < -0.3 is 19.5 Å². The molecule has 0 aliphatic carbocycles. The van der Waals surface area contributed by atoms with Gasteiger partial charge in [-0.15, -0.1) is 0 Å². The summed E-state index contributed by atoms with van der Waals surface area (Å²) in [5.74, 6) is 0.361. The maximum Gasteiger partial charge on any atom is 0.411 e. The van der Waals surface area contributed by atoms with E-state index in [9.17, 15) is 18.0 Å². The van der Waals surface area contributed by atoms with Crippen LogP contribution < -0.4 is 14.8 Å². The summed E-state index contributed by atoms with van der Waals surface area (Å²) >= 11 is 0. The van der Waals surface area contributed by atoms with E-state index in [1.54, 1.807) is 18.2 Å². The average molecular weight is 305 g/mol. The number of amides is 1. The van der Waals surface area contributed by atoms with E-state index >= 15 is 0 Å². The van der Waals surface area contributed by atoms with Gasteiger partial charge in [0.2, 0.25) is 0 Å². The number of carbonyl (C=O) groups excluding carboxylic acids is 1. The first-order chi connectivity index (χ1) is 9.85. The Kier molecular flexibility index (Phi) is 4.56. The SMILES string of the molecule is C[C@H](OCC(F)(F)F)C(=O)Nc1ccc2c(c1)OCCO2. The molecule has 0 aromatic heterocycles. The molecule has 2 rings (SSSR count). The third-order valence-corrected chi connectivity index (χ3v) is 2.68. The van der Waals surface area contributed by atoms with Crippen molar-refractivity contribution in [1.29, 1.82) is 0 Å². The number of carbonyl (C=O) groups is 1. The number of halogens is 3. The summed E-state index contributed by atoms with van der Waals surface area (Å²) < 4.78 is 51.1. The standard InChI is InChI=1S/C13H14F3NO4/c1-8(21-7-13(14,15)16)12(18)17-9-2-3-10-11(6-9)20-5-4-19-10/h2-3,6,8H,4-5,7H2,1H3,(H,17,18)/t8-/m0/s1. The van der Waals surface area contributed by atoms with Gasteiger partial charge in [0.15, 0.2) is 11.5 Å².